The molecule has 0 N–H and O–H groups in total. The zero-order valence-electron chi connectivity index (χ0n) is 23.1. The molecule has 0 aliphatic rings. The van der Waals surface area contributed by atoms with Gasteiger partial charge in [0, 0.05) is 12.0 Å². The van der Waals surface area contributed by atoms with E-state index < -0.39 is 0 Å². The molecule has 0 spiro atoms. The zero-order chi connectivity index (χ0) is 23.9. The fourth-order valence-corrected chi connectivity index (χ4v) is 5.06. The summed E-state index contributed by atoms with van der Waals surface area (Å²) in [5.74, 6) is 0. The molecule has 186 valence electrons. The van der Waals surface area contributed by atoms with Crippen molar-refractivity contribution < 1.29 is 4.48 Å². The van der Waals surface area contributed by atoms with Crippen molar-refractivity contribution in [3.63, 3.8) is 0 Å². The molecule has 32 heavy (non-hydrogen) atoms. The van der Waals surface area contributed by atoms with Crippen LogP contribution in [-0.4, -0.2) is 52.3 Å². The average molecular weight is 447 g/mol. The number of rotatable bonds is 19. The van der Waals surface area contributed by atoms with Gasteiger partial charge in [0.2, 0.25) is 0 Å². The zero-order valence-corrected chi connectivity index (χ0v) is 23.1. The largest absolute Gasteiger partial charge is 0.328 e. The summed E-state index contributed by atoms with van der Waals surface area (Å²) < 4.78 is 2.18. The van der Waals surface area contributed by atoms with Crippen molar-refractivity contribution >= 4 is 5.69 Å². The molecule has 0 aromatic heterocycles. The highest BCUT2D eigenvalue weighted by Crippen LogP contribution is 2.29. The molecule has 2 nitrogen and oxygen atoms in total. The van der Waals surface area contributed by atoms with Gasteiger partial charge in [-0.1, -0.05) is 84.3 Å². The van der Waals surface area contributed by atoms with Crippen LogP contribution in [0, 0.1) is 0 Å². The molecule has 0 unspecified atom stereocenters. The van der Waals surface area contributed by atoms with E-state index in [-0.39, 0.29) is 0 Å². The van der Waals surface area contributed by atoms with E-state index in [1.807, 2.05) is 0 Å². The first-order valence-corrected chi connectivity index (χ1v) is 14.0. The number of quaternary nitrogens is 2. The van der Waals surface area contributed by atoms with Gasteiger partial charge in [0.15, 0.2) is 0 Å². The smallest absolute Gasteiger partial charge is 0.136 e. The quantitative estimate of drug-likeness (QED) is 0.148. The molecule has 0 aliphatic heterocycles. The monoisotopic (exact) mass is 446 g/mol. The number of nitrogens with zero attached hydrogens (tertiary/aromatic N) is 2. The lowest BCUT2D eigenvalue weighted by Crippen LogP contribution is -2.44. The van der Waals surface area contributed by atoms with Crippen molar-refractivity contribution in [2.24, 2.45) is 0 Å². The van der Waals surface area contributed by atoms with Gasteiger partial charge in [-0.05, 0) is 43.7 Å². The fourth-order valence-electron chi connectivity index (χ4n) is 5.06. The summed E-state index contributed by atoms with van der Waals surface area (Å²) in [6.07, 6.45) is 19.0. The van der Waals surface area contributed by atoms with Crippen molar-refractivity contribution in [1.82, 2.24) is 4.48 Å². The number of hydrogen-bond donors (Lipinski definition) is 0. The number of likely N-dealkylation sites (N-methyl/N-ethyl adjacent to an activating group) is 1. The Morgan fingerprint density at radius 2 is 1.12 bits per heavy atom. The fraction of sp³-hybridized carbons (Fsp3) is 0.800. The first kappa shape index (κ1) is 29.2. The SMILES string of the molecule is CCCCCCCC[N+](C)(C)CCc1c(CC)cccc1[N+](C)(C)CCCCCCCC. The van der Waals surface area contributed by atoms with E-state index in [2.05, 4.69) is 67.2 Å². The van der Waals surface area contributed by atoms with Crippen molar-refractivity contribution in [1.29, 1.82) is 0 Å². The number of aryl methyl sites for hydroxylation is 1. The predicted octanol–water partition coefficient (Wildman–Crippen LogP) is 8.16. The Labute approximate surface area is 202 Å². The van der Waals surface area contributed by atoms with Crippen LogP contribution in [-0.2, 0) is 12.8 Å². The van der Waals surface area contributed by atoms with E-state index in [1.54, 1.807) is 16.8 Å². The third kappa shape index (κ3) is 11.3. The minimum absolute atomic E-state index is 1.03. The van der Waals surface area contributed by atoms with Crippen LogP contribution in [0.4, 0.5) is 5.69 Å². The first-order valence-electron chi connectivity index (χ1n) is 14.0. The maximum Gasteiger partial charge on any atom is 0.136 e. The van der Waals surface area contributed by atoms with E-state index >= 15 is 0 Å². The molecule has 0 radical (unpaired) electrons. The Kier molecular flexibility index (Phi) is 14.5. The summed E-state index contributed by atoms with van der Waals surface area (Å²) in [5, 5.41) is 0. The maximum atomic E-state index is 2.44. The number of unbranched alkanes of at least 4 members (excludes halogenated alkanes) is 10. The number of benzene rings is 1. The van der Waals surface area contributed by atoms with E-state index in [0.29, 0.717) is 0 Å². The molecule has 1 aromatic rings. The average Bonchev–Trinajstić information content (AvgIpc) is 2.76. The lowest BCUT2D eigenvalue weighted by Gasteiger charge is -2.34. The van der Waals surface area contributed by atoms with Gasteiger partial charge in [0.25, 0.3) is 0 Å². The summed E-state index contributed by atoms with van der Waals surface area (Å²) in [6.45, 7) is 10.7. The van der Waals surface area contributed by atoms with Crippen molar-refractivity contribution in [3.05, 3.63) is 29.3 Å². The second-order valence-electron chi connectivity index (χ2n) is 11.3. The van der Waals surface area contributed by atoms with E-state index in [9.17, 15) is 0 Å². The van der Waals surface area contributed by atoms with Crippen LogP contribution in [0.5, 0.6) is 0 Å². The van der Waals surface area contributed by atoms with E-state index in [4.69, 9.17) is 0 Å². The van der Waals surface area contributed by atoms with Gasteiger partial charge < -0.3 is 4.48 Å². The third-order valence-electron chi connectivity index (χ3n) is 7.44. The summed E-state index contributed by atoms with van der Waals surface area (Å²) in [5.41, 5.74) is 4.77. The topological polar surface area (TPSA) is 0 Å². The van der Waals surface area contributed by atoms with Crippen LogP contribution in [0.2, 0.25) is 0 Å². The standard InChI is InChI=1S/C30H58N2/c1-8-11-13-15-17-19-25-31(4,5)27-24-29-28(10-3)22-21-23-30(29)32(6,7)26-20-18-16-14-12-9-2/h21-23H,8-20,24-27H2,1-7H3/q+2. The van der Waals surface area contributed by atoms with E-state index in [1.165, 1.54) is 103 Å². The van der Waals surface area contributed by atoms with Crippen LogP contribution in [0.1, 0.15) is 109 Å². The molecular weight excluding hydrogens is 388 g/mol. The third-order valence-corrected chi connectivity index (χ3v) is 7.44. The highest BCUT2D eigenvalue weighted by Gasteiger charge is 2.25. The summed E-state index contributed by atoms with van der Waals surface area (Å²) in [7, 11) is 9.74. The van der Waals surface area contributed by atoms with Gasteiger partial charge in [-0.25, -0.2) is 0 Å². The summed E-state index contributed by atoms with van der Waals surface area (Å²) in [4.78, 5) is 0. The molecular formula is C30H58N2+2. The molecule has 0 atom stereocenters. The Morgan fingerprint density at radius 3 is 1.69 bits per heavy atom. The second-order valence-corrected chi connectivity index (χ2v) is 11.3. The van der Waals surface area contributed by atoms with Crippen LogP contribution in [0.25, 0.3) is 0 Å². The van der Waals surface area contributed by atoms with Gasteiger partial charge >= 0.3 is 0 Å². The lowest BCUT2D eigenvalue weighted by atomic mass is 9.97. The molecule has 0 aliphatic carbocycles. The van der Waals surface area contributed by atoms with Gasteiger partial charge in [0.05, 0.1) is 47.8 Å². The van der Waals surface area contributed by atoms with Gasteiger partial charge in [0.1, 0.15) is 5.69 Å². The van der Waals surface area contributed by atoms with Crippen LogP contribution in [0.15, 0.2) is 18.2 Å². The molecule has 0 saturated heterocycles. The van der Waals surface area contributed by atoms with Crippen LogP contribution >= 0.6 is 0 Å². The lowest BCUT2D eigenvalue weighted by molar-refractivity contribution is -0.890. The van der Waals surface area contributed by atoms with Crippen molar-refractivity contribution in [2.45, 2.75) is 111 Å². The van der Waals surface area contributed by atoms with Crippen molar-refractivity contribution in [3.8, 4) is 0 Å². The Balaban J connectivity index is 2.70. The summed E-state index contributed by atoms with van der Waals surface area (Å²) >= 11 is 0. The Bertz CT molecular complexity index is 603. The van der Waals surface area contributed by atoms with Crippen LogP contribution < -0.4 is 4.48 Å². The van der Waals surface area contributed by atoms with Gasteiger partial charge in [-0.2, -0.15) is 0 Å². The predicted molar refractivity (Wildman–Crippen MR) is 147 cm³/mol. The molecule has 0 fully saturated rings. The molecule has 0 saturated carbocycles. The van der Waals surface area contributed by atoms with Crippen LogP contribution in [0.3, 0.4) is 0 Å². The van der Waals surface area contributed by atoms with Gasteiger partial charge in [-0.3, -0.25) is 4.48 Å². The van der Waals surface area contributed by atoms with Gasteiger partial charge in [-0.15, -0.1) is 0 Å². The minimum Gasteiger partial charge on any atom is -0.328 e. The molecule has 2 heteroatoms. The Morgan fingerprint density at radius 1 is 0.594 bits per heavy atom. The molecule has 0 heterocycles. The highest BCUT2D eigenvalue weighted by atomic mass is 15.3. The molecule has 1 rings (SSSR count). The molecule has 0 amide bonds. The normalized spacial score (nSPS) is 12.5. The maximum absolute atomic E-state index is 2.44. The molecule has 0 bridgehead atoms. The minimum atomic E-state index is 1.03. The van der Waals surface area contributed by atoms with Crippen molar-refractivity contribution in [2.75, 3.05) is 47.8 Å². The highest BCUT2D eigenvalue weighted by molar-refractivity contribution is 5.54. The second kappa shape index (κ2) is 15.9. The Hall–Kier alpha value is -0.860. The summed E-state index contributed by atoms with van der Waals surface area (Å²) in [6, 6.07) is 7.09. The van der Waals surface area contributed by atoms with E-state index in [0.717, 1.165) is 15.4 Å². The number of hydrogen-bond acceptors (Lipinski definition) is 0. The first-order chi connectivity index (χ1) is 15.3. The molecule has 1 aromatic carbocycles.